The van der Waals surface area contributed by atoms with E-state index in [0.717, 1.165) is 25.8 Å². The topological polar surface area (TPSA) is 23.5 Å². The number of nitrogens with zero attached hydrogens (tertiary/aromatic N) is 1. The number of hydrogen-bond acceptors (Lipinski definition) is 2. The molecule has 2 aliphatic rings. The first-order chi connectivity index (χ1) is 7.84. The van der Waals surface area contributed by atoms with Crippen LogP contribution in [-0.2, 0) is 0 Å². The van der Waals surface area contributed by atoms with Crippen LogP contribution in [0.25, 0.3) is 6.08 Å². The molecule has 16 heavy (non-hydrogen) atoms. The van der Waals surface area contributed by atoms with Gasteiger partial charge in [-0.3, -0.25) is 4.90 Å². The van der Waals surface area contributed by atoms with Crippen LogP contribution in [0.3, 0.4) is 0 Å². The lowest BCUT2D eigenvalue weighted by Gasteiger charge is -2.18. The Labute approximate surface area is 96.2 Å². The second-order valence-corrected chi connectivity index (χ2v) is 4.69. The molecule has 0 unspecified atom stereocenters. The summed E-state index contributed by atoms with van der Waals surface area (Å²) in [6.07, 6.45) is 5.24. The molecule has 2 atom stereocenters. The van der Waals surface area contributed by atoms with Crippen molar-refractivity contribution in [1.29, 1.82) is 0 Å². The maximum absolute atomic E-state index is 9.78. The fraction of sp³-hybridized carbons (Fsp3) is 0.429. The van der Waals surface area contributed by atoms with E-state index in [1.807, 2.05) is 6.07 Å². The lowest BCUT2D eigenvalue weighted by atomic mass is 10.0. The molecule has 0 radical (unpaired) electrons. The van der Waals surface area contributed by atoms with E-state index in [4.69, 9.17) is 0 Å². The van der Waals surface area contributed by atoms with E-state index in [9.17, 15) is 5.11 Å². The molecule has 0 bridgehead atoms. The smallest absolute Gasteiger partial charge is 0.107 e. The number of rotatable bonds is 1. The Morgan fingerprint density at radius 2 is 2.00 bits per heavy atom. The highest BCUT2D eigenvalue weighted by atomic mass is 16.3. The highest BCUT2D eigenvalue weighted by molar-refractivity contribution is 5.55. The van der Waals surface area contributed by atoms with Gasteiger partial charge in [-0.15, -0.1) is 0 Å². The van der Waals surface area contributed by atoms with E-state index >= 15 is 0 Å². The first-order valence-electron chi connectivity index (χ1n) is 6.04. The SMILES string of the molecule is O[C@@H]1CC[C@@H]2/C(=C\c3ccccc3)CCN12. The van der Waals surface area contributed by atoms with E-state index in [-0.39, 0.29) is 6.23 Å². The Balaban J connectivity index is 1.84. The monoisotopic (exact) mass is 215 g/mol. The molecule has 2 aliphatic heterocycles. The minimum absolute atomic E-state index is 0.202. The average molecular weight is 215 g/mol. The fourth-order valence-electron chi connectivity index (χ4n) is 2.91. The zero-order chi connectivity index (χ0) is 11.0. The minimum Gasteiger partial charge on any atom is -0.378 e. The number of aliphatic hydroxyl groups excluding tert-OH is 1. The van der Waals surface area contributed by atoms with Gasteiger partial charge in [-0.1, -0.05) is 42.0 Å². The molecule has 2 nitrogen and oxygen atoms in total. The van der Waals surface area contributed by atoms with Crippen LogP contribution in [0.2, 0.25) is 0 Å². The molecule has 0 spiro atoms. The van der Waals surface area contributed by atoms with Crippen molar-refractivity contribution in [2.45, 2.75) is 31.5 Å². The lowest BCUT2D eigenvalue weighted by Crippen LogP contribution is -2.31. The molecule has 2 heteroatoms. The van der Waals surface area contributed by atoms with Crippen molar-refractivity contribution in [1.82, 2.24) is 4.90 Å². The Morgan fingerprint density at radius 1 is 1.19 bits per heavy atom. The van der Waals surface area contributed by atoms with Gasteiger partial charge in [-0.2, -0.15) is 0 Å². The van der Waals surface area contributed by atoms with Crippen molar-refractivity contribution in [2.24, 2.45) is 0 Å². The van der Waals surface area contributed by atoms with Crippen molar-refractivity contribution in [2.75, 3.05) is 6.54 Å². The maximum Gasteiger partial charge on any atom is 0.107 e. The van der Waals surface area contributed by atoms with E-state index in [0.29, 0.717) is 6.04 Å². The Kier molecular flexibility index (Phi) is 2.54. The first kappa shape index (κ1) is 10.1. The molecule has 84 valence electrons. The van der Waals surface area contributed by atoms with Gasteiger partial charge in [0.2, 0.25) is 0 Å². The van der Waals surface area contributed by atoms with Gasteiger partial charge in [0.25, 0.3) is 0 Å². The van der Waals surface area contributed by atoms with Gasteiger partial charge in [0.05, 0.1) is 0 Å². The van der Waals surface area contributed by atoms with Crippen molar-refractivity contribution < 1.29 is 5.11 Å². The Hall–Kier alpha value is -1.12. The van der Waals surface area contributed by atoms with Gasteiger partial charge in [0, 0.05) is 12.6 Å². The number of aliphatic hydroxyl groups is 1. The zero-order valence-corrected chi connectivity index (χ0v) is 9.34. The molecule has 0 amide bonds. The standard InChI is InChI=1S/C14H17NO/c16-14-7-6-13-12(8-9-15(13)14)10-11-4-2-1-3-5-11/h1-5,10,13-14,16H,6-9H2/b12-10-/t13-,14-/m1/s1. The third-order valence-electron chi connectivity index (χ3n) is 3.72. The summed E-state index contributed by atoms with van der Waals surface area (Å²) < 4.78 is 0. The largest absolute Gasteiger partial charge is 0.378 e. The predicted octanol–water partition coefficient (Wildman–Crippen LogP) is 2.26. The molecule has 1 aromatic carbocycles. The van der Waals surface area contributed by atoms with Crippen molar-refractivity contribution in [3.63, 3.8) is 0 Å². The maximum atomic E-state index is 9.78. The van der Waals surface area contributed by atoms with Crippen molar-refractivity contribution in [3.8, 4) is 0 Å². The van der Waals surface area contributed by atoms with Gasteiger partial charge in [-0.05, 0) is 24.8 Å². The Morgan fingerprint density at radius 3 is 2.81 bits per heavy atom. The van der Waals surface area contributed by atoms with Crippen LogP contribution >= 0.6 is 0 Å². The van der Waals surface area contributed by atoms with E-state index in [1.165, 1.54) is 11.1 Å². The van der Waals surface area contributed by atoms with Crippen molar-refractivity contribution in [3.05, 3.63) is 41.5 Å². The highest BCUT2D eigenvalue weighted by Gasteiger charge is 2.38. The van der Waals surface area contributed by atoms with Crippen LogP contribution in [0.4, 0.5) is 0 Å². The summed E-state index contributed by atoms with van der Waals surface area (Å²) >= 11 is 0. The molecule has 1 aromatic rings. The summed E-state index contributed by atoms with van der Waals surface area (Å²) in [7, 11) is 0. The van der Waals surface area contributed by atoms with Crippen LogP contribution in [0, 0.1) is 0 Å². The van der Waals surface area contributed by atoms with Gasteiger partial charge >= 0.3 is 0 Å². The van der Waals surface area contributed by atoms with Gasteiger partial charge in [0.15, 0.2) is 0 Å². The third kappa shape index (κ3) is 1.68. The number of benzene rings is 1. The second kappa shape index (κ2) is 4.04. The third-order valence-corrected chi connectivity index (χ3v) is 3.72. The van der Waals surface area contributed by atoms with Crippen LogP contribution in [0.15, 0.2) is 35.9 Å². The normalized spacial score (nSPS) is 32.2. The quantitative estimate of drug-likeness (QED) is 0.776. The minimum atomic E-state index is -0.202. The molecule has 0 saturated carbocycles. The summed E-state index contributed by atoms with van der Waals surface area (Å²) in [5.41, 5.74) is 2.77. The molecule has 0 aliphatic carbocycles. The van der Waals surface area contributed by atoms with Crippen LogP contribution < -0.4 is 0 Å². The van der Waals surface area contributed by atoms with Crippen LogP contribution in [0.1, 0.15) is 24.8 Å². The summed E-state index contributed by atoms with van der Waals surface area (Å²) in [6.45, 7) is 1.02. The fourth-order valence-corrected chi connectivity index (χ4v) is 2.91. The van der Waals surface area contributed by atoms with E-state index in [1.54, 1.807) is 0 Å². The highest BCUT2D eigenvalue weighted by Crippen LogP contribution is 2.36. The molecular weight excluding hydrogens is 198 g/mol. The summed E-state index contributed by atoms with van der Waals surface area (Å²) in [5.74, 6) is 0. The van der Waals surface area contributed by atoms with Gasteiger partial charge in [-0.25, -0.2) is 0 Å². The molecule has 1 N–H and O–H groups in total. The van der Waals surface area contributed by atoms with Gasteiger partial charge < -0.3 is 5.11 Å². The second-order valence-electron chi connectivity index (χ2n) is 4.69. The zero-order valence-electron chi connectivity index (χ0n) is 9.34. The summed E-state index contributed by atoms with van der Waals surface area (Å²) in [6, 6.07) is 11.0. The number of fused-ring (bicyclic) bond motifs is 1. The molecular formula is C14H17NO. The van der Waals surface area contributed by atoms with E-state index < -0.39 is 0 Å². The van der Waals surface area contributed by atoms with Crippen molar-refractivity contribution >= 4 is 6.08 Å². The van der Waals surface area contributed by atoms with Crippen LogP contribution in [0.5, 0.6) is 0 Å². The molecule has 2 heterocycles. The lowest BCUT2D eigenvalue weighted by molar-refractivity contribution is 0.0380. The predicted molar refractivity (Wildman–Crippen MR) is 64.8 cm³/mol. The van der Waals surface area contributed by atoms with Crippen LogP contribution in [-0.4, -0.2) is 28.8 Å². The Bertz CT molecular complexity index is 398. The summed E-state index contributed by atoms with van der Waals surface area (Å²) in [5, 5.41) is 9.78. The molecule has 0 aromatic heterocycles. The summed E-state index contributed by atoms with van der Waals surface area (Å²) in [4.78, 5) is 2.23. The molecule has 2 fully saturated rings. The molecule has 2 saturated heterocycles. The van der Waals surface area contributed by atoms with E-state index in [2.05, 4.69) is 35.2 Å². The first-order valence-corrected chi connectivity index (χ1v) is 6.04. The average Bonchev–Trinajstić information content (AvgIpc) is 2.86. The molecule has 3 rings (SSSR count). The van der Waals surface area contributed by atoms with Gasteiger partial charge in [0.1, 0.15) is 6.23 Å². The number of hydrogen-bond donors (Lipinski definition) is 1.